The maximum atomic E-state index is 12.1. The molecular weight excluding hydrogens is 494 g/mol. The van der Waals surface area contributed by atoms with Gasteiger partial charge >= 0.3 is 5.97 Å². The standard InChI is InChI=1S/C24H26ClN3O6S/c1-6-28-22(15-11-16(31-3)13-17(12-15)32-4)26-27-24(28)35-20(23(29)30)10-14-8-18(25)21(33-5)19(9-14)34-7-2/h8-13H,6-7H2,1-5H3,(H,29,30)/b20-10-. The first-order valence-corrected chi connectivity index (χ1v) is 11.8. The van der Waals surface area contributed by atoms with Crippen LogP contribution < -0.4 is 18.9 Å². The zero-order chi connectivity index (χ0) is 25.5. The number of hydrogen-bond acceptors (Lipinski definition) is 8. The molecule has 1 N–H and O–H groups in total. The normalized spacial score (nSPS) is 11.3. The molecule has 0 saturated heterocycles. The lowest BCUT2D eigenvalue weighted by molar-refractivity contribution is -0.131. The molecule has 1 aromatic heterocycles. The third-order valence-corrected chi connectivity index (χ3v) is 6.17. The van der Waals surface area contributed by atoms with Crippen molar-refractivity contribution in [3.05, 3.63) is 45.8 Å². The second kappa shape index (κ2) is 11.9. The van der Waals surface area contributed by atoms with E-state index in [1.54, 1.807) is 32.4 Å². The lowest BCUT2D eigenvalue weighted by atomic mass is 10.2. The van der Waals surface area contributed by atoms with Gasteiger partial charge < -0.3 is 28.6 Å². The van der Waals surface area contributed by atoms with Gasteiger partial charge in [0.1, 0.15) is 16.4 Å². The first kappa shape index (κ1) is 26.2. The fraction of sp³-hybridized carbons (Fsp3) is 0.292. The van der Waals surface area contributed by atoms with Gasteiger partial charge in [0, 0.05) is 18.2 Å². The van der Waals surface area contributed by atoms with Crippen molar-refractivity contribution in [2.24, 2.45) is 0 Å². The maximum Gasteiger partial charge on any atom is 0.342 e. The highest BCUT2D eigenvalue weighted by Crippen LogP contribution is 2.38. The topological polar surface area (TPSA) is 105 Å². The van der Waals surface area contributed by atoms with E-state index in [-0.39, 0.29) is 4.91 Å². The summed E-state index contributed by atoms with van der Waals surface area (Å²) < 4.78 is 23.4. The minimum atomic E-state index is -1.12. The van der Waals surface area contributed by atoms with Crippen LogP contribution in [0.2, 0.25) is 5.02 Å². The maximum absolute atomic E-state index is 12.1. The number of nitrogens with zero attached hydrogens (tertiary/aromatic N) is 3. The minimum absolute atomic E-state index is 0.0329. The molecule has 9 nitrogen and oxygen atoms in total. The molecule has 0 aliphatic heterocycles. The van der Waals surface area contributed by atoms with E-state index in [4.69, 9.17) is 30.5 Å². The van der Waals surface area contributed by atoms with E-state index < -0.39 is 5.97 Å². The molecule has 0 radical (unpaired) electrons. The van der Waals surface area contributed by atoms with Crippen LogP contribution in [-0.4, -0.2) is 53.8 Å². The van der Waals surface area contributed by atoms with E-state index in [1.807, 2.05) is 30.5 Å². The van der Waals surface area contributed by atoms with Gasteiger partial charge in [0.05, 0.1) is 33.0 Å². The highest BCUT2D eigenvalue weighted by molar-refractivity contribution is 8.04. The Kier molecular flexibility index (Phi) is 8.89. The SMILES string of the molecule is CCOc1cc(/C=C(\Sc2nnc(-c3cc(OC)cc(OC)c3)n2CC)C(=O)O)cc(Cl)c1OC. The number of hydrogen-bond donors (Lipinski definition) is 1. The molecule has 0 spiro atoms. The van der Waals surface area contributed by atoms with Gasteiger partial charge in [0.25, 0.3) is 0 Å². The number of halogens is 1. The summed E-state index contributed by atoms with van der Waals surface area (Å²) in [6, 6.07) is 8.68. The van der Waals surface area contributed by atoms with Crippen LogP contribution in [0.4, 0.5) is 0 Å². The Morgan fingerprint density at radius 1 is 1.06 bits per heavy atom. The number of carboxylic acid groups (broad SMARTS) is 1. The smallest absolute Gasteiger partial charge is 0.342 e. The highest BCUT2D eigenvalue weighted by atomic mass is 35.5. The molecule has 1 heterocycles. The Morgan fingerprint density at radius 3 is 2.29 bits per heavy atom. The zero-order valence-corrected chi connectivity index (χ0v) is 21.6. The largest absolute Gasteiger partial charge is 0.497 e. The molecule has 11 heteroatoms. The average Bonchev–Trinajstić information content (AvgIpc) is 3.25. The number of aromatic nitrogens is 3. The summed E-state index contributed by atoms with van der Waals surface area (Å²) in [5.74, 6) is 1.46. The molecule has 0 unspecified atom stereocenters. The number of ether oxygens (including phenoxy) is 4. The van der Waals surface area contributed by atoms with Crippen molar-refractivity contribution in [3.63, 3.8) is 0 Å². The van der Waals surface area contributed by atoms with Crippen molar-refractivity contribution in [2.75, 3.05) is 27.9 Å². The number of carbonyl (C=O) groups is 1. The van der Waals surface area contributed by atoms with Crippen molar-refractivity contribution in [1.29, 1.82) is 0 Å². The van der Waals surface area contributed by atoms with Crippen molar-refractivity contribution in [3.8, 4) is 34.4 Å². The molecule has 2 aromatic carbocycles. The van der Waals surface area contributed by atoms with Gasteiger partial charge in [-0.1, -0.05) is 11.6 Å². The van der Waals surface area contributed by atoms with Crippen LogP contribution in [0.3, 0.4) is 0 Å². The summed E-state index contributed by atoms with van der Waals surface area (Å²) in [5, 5.41) is 19.2. The van der Waals surface area contributed by atoms with Gasteiger partial charge in [0.15, 0.2) is 22.5 Å². The van der Waals surface area contributed by atoms with E-state index in [9.17, 15) is 9.90 Å². The summed E-state index contributed by atoms with van der Waals surface area (Å²) in [6.45, 7) is 4.68. The summed E-state index contributed by atoms with van der Waals surface area (Å²) in [6.07, 6.45) is 1.50. The fourth-order valence-corrected chi connectivity index (χ4v) is 4.50. The predicted octanol–water partition coefficient (Wildman–Crippen LogP) is 5.26. The van der Waals surface area contributed by atoms with Crippen LogP contribution >= 0.6 is 23.4 Å². The highest BCUT2D eigenvalue weighted by Gasteiger charge is 2.20. The molecule has 0 saturated carbocycles. The Hall–Kier alpha value is -3.37. The summed E-state index contributed by atoms with van der Waals surface area (Å²) >= 11 is 7.31. The van der Waals surface area contributed by atoms with E-state index in [0.717, 1.165) is 17.3 Å². The van der Waals surface area contributed by atoms with Gasteiger partial charge in [-0.2, -0.15) is 0 Å². The van der Waals surface area contributed by atoms with Crippen molar-refractivity contribution < 1.29 is 28.8 Å². The van der Waals surface area contributed by atoms with Gasteiger partial charge in [-0.25, -0.2) is 4.79 Å². The van der Waals surface area contributed by atoms with E-state index in [0.29, 0.717) is 57.7 Å². The molecule has 35 heavy (non-hydrogen) atoms. The molecule has 3 aromatic rings. The Morgan fingerprint density at radius 2 is 1.74 bits per heavy atom. The average molecular weight is 520 g/mol. The molecule has 3 rings (SSSR count). The van der Waals surface area contributed by atoms with Gasteiger partial charge in [-0.15, -0.1) is 10.2 Å². The lowest BCUT2D eigenvalue weighted by Crippen LogP contribution is -2.03. The molecular formula is C24H26ClN3O6S. The quantitative estimate of drug-likeness (QED) is 0.268. The molecule has 0 atom stereocenters. The van der Waals surface area contributed by atoms with Gasteiger partial charge in [0.2, 0.25) is 0 Å². The van der Waals surface area contributed by atoms with Crippen LogP contribution in [-0.2, 0) is 11.3 Å². The van der Waals surface area contributed by atoms with Crippen LogP contribution in [0.1, 0.15) is 19.4 Å². The van der Waals surface area contributed by atoms with E-state index in [2.05, 4.69) is 10.2 Å². The van der Waals surface area contributed by atoms with Crippen molar-refractivity contribution in [2.45, 2.75) is 25.5 Å². The molecule has 0 aliphatic carbocycles. The van der Waals surface area contributed by atoms with Crippen LogP contribution in [0.5, 0.6) is 23.0 Å². The van der Waals surface area contributed by atoms with Gasteiger partial charge in [-0.05, 0) is 61.5 Å². The molecule has 0 fully saturated rings. The van der Waals surface area contributed by atoms with Crippen LogP contribution in [0.15, 0.2) is 40.4 Å². The summed E-state index contributed by atoms with van der Waals surface area (Å²) in [4.78, 5) is 12.1. The van der Waals surface area contributed by atoms with E-state index >= 15 is 0 Å². The number of rotatable bonds is 11. The Balaban J connectivity index is 2.02. The minimum Gasteiger partial charge on any atom is -0.497 e. The summed E-state index contributed by atoms with van der Waals surface area (Å²) in [5.41, 5.74) is 1.27. The first-order valence-electron chi connectivity index (χ1n) is 10.6. The van der Waals surface area contributed by atoms with Crippen LogP contribution in [0, 0.1) is 0 Å². The number of carboxylic acids is 1. The molecule has 0 amide bonds. The molecule has 0 aliphatic rings. The Bertz CT molecular complexity index is 1220. The Labute approximate surface area is 212 Å². The first-order chi connectivity index (χ1) is 16.8. The van der Waals surface area contributed by atoms with Crippen molar-refractivity contribution in [1.82, 2.24) is 14.8 Å². The predicted molar refractivity (Wildman–Crippen MR) is 135 cm³/mol. The third-order valence-electron chi connectivity index (χ3n) is 4.89. The number of aliphatic carboxylic acids is 1. The second-order valence-electron chi connectivity index (χ2n) is 7.03. The number of benzene rings is 2. The molecule has 0 bridgehead atoms. The fourth-order valence-electron chi connectivity index (χ4n) is 3.32. The third kappa shape index (κ3) is 6.01. The summed E-state index contributed by atoms with van der Waals surface area (Å²) in [7, 11) is 4.62. The molecule has 186 valence electrons. The lowest BCUT2D eigenvalue weighted by Gasteiger charge is -2.12. The van der Waals surface area contributed by atoms with Gasteiger partial charge in [-0.3, -0.25) is 0 Å². The second-order valence-corrected chi connectivity index (χ2v) is 8.45. The number of thioether (sulfide) groups is 1. The van der Waals surface area contributed by atoms with E-state index in [1.165, 1.54) is 13.2 Å². The van der Waals surface area contributed by atoms with Crippen LogP contribution in [0.25, 0.3) is 17.5 Å². The number of methoxy groups -OCH3 is 3. The zero-order valence-electron chi connectivity index (χ0n) is 20.0. The monoisotopic (exact) mass is 519 g/mol. The van der Waals surface area contributed by atoms with Crippen molar-refractivity contribution >= 4 is 35.4 Å².